The lowest BCUT2D eigenvalue weighted by Gasteiger charge is -2.10. The summed E-state index contributed by atoms with van der Waals surface area (Å²) < 4.78 is 14.1. The average Bonchev–Trinajstić information content (AvgIpc) is 2.35. The number of amides is 1. The van der Waals surface area contributed by atoms with Crippen LogP contribution in [0.2, 0.25) is 5.02 Å². The monoisotopic (exact) mass is 419 g/mol. The summed E-state index contributed by atoms with van der Waals surface area (Å²) in [6.07, 6.45) is 0. The van der Waals surface area contributed by atoms with Crippen molar-refractivity contribution in [2.75, 3.05) is 5.32 Å². The van der Waals surface area contributed by atoms with Crippen molar-refractivity contribution >= 4 is 55.1 Å². The highest BCUT2D eigenvalue weighted by Gasteiger charge is 2.13. The molecule has 0 aromatic heterocycles. The van der Waals surface area contributed by atoms with Crippen molar-refractivity contribution in [2.45, 2.75) is 6.92 Å². The molecule has 0 aliphatic rings. The van der Waals surface area contributed by atoms with Crippen LogP contribution in [0, 0.1) is 12.7 Å². The standard InChI is InChI=1S/C14H9Br2ClFNO/c1-7-4-11(16)13(6-12(7)17)19-14(20)9-3-2-8(18)5-10(9)15/h2-6H,1H3,(H,19,20). The first-order valence-corrected chi connectivity index (χ1v) is 7.57. The van der Waals surface area contributed by atoms with Crippen LogP contribution in [0.25, 0.3) is 0 Å². The topological polar surface area (TPSA) is 29.1 Å². The van der Waals surface area contributed by atoms with E-state index in [1.165, 1.54) is 18.2 Å². The summed E-state index contributed by atoms with van der Waals surface area (Å²) in [6, 6.07) is 7.37. The van der Waals surface area contributed by atoms with E-state index >= 15 is 0 Å². The van der Waals surface area contributed by atoms with Crippen LogP contribution in [0.15, 0.2) is 39.3 Å². The molecule has 0 heterocycles. The van der Waals surface area contributed by atoms with Crippen molar-refractivity contribution in [3.05, 3.63) is 61.2 Å². The van der Waals surface area contributed by atoms with Gasteiger partial charge in [0.2, 0.25) is 0 Å². The largest absolute Gasteiger partial charge is 0.321 e. The first kappa shape index (κ1) is 15.5. The fraction of sp³-hybridized carbons (Fsp3) is 0.0714. The van der Waals surface area contributed by atoms with Crippen LogP contribution in [0.5, 0.6) is 0 Å². The Morgan fingerprint density at radius 3 is 2.55 bits per heavy atom. The van der Waals surface area contributed by atoms with Crippen LogP contribution in [0.3, 0.4) is 0 Å². The minimum absolute atomic E-state index is 0.343. The molecule has 0 fully saturated rings. The molecule has 0 aliphatic heterocycles. The van der Waals surface area contributed by atoms with E-state index in [1.807, 2.05) is 13.0 Å². The normalized spacial score (nSPS) is 10.4. The van der Waals surface area contributed by atoms with Gasteiger partial charge >= 0.3 is 0 Å². The van der Waals surface area contributed by atoms with Crippen molar-refractivity contribution in [3.8, 4) is 0 Å². The van der Waals surface area contributed by atoms with Crippen molar-refractivity contribution in [1.29, 1.82) is 0 Å². The van der Waals surface area contributed by atoms with Gasteiger partial charge in [-0.3, -0.25) is 4.79 Å². The molecule has 0 saturated heterocycles. The van der Waals surface area contributed by atoms with Gasteiger partial charge in [-0.05, 0) is 74.7 Å². The summed E-state index contributed by atoms with van der Waals surface area (Å²) in [4.78, 5) is 12.2. The van der Waals surface area contributed by atoms with E-state index in [0.29, 0.717) is 20.7 Å². The second-order valence-electron chi connectivity index (χ2n) is 4.16. The highest BCUT2D eigenvalue weighted by molar-refractivity contribution is 9.11. The maximum absolute atomic E-state index is 13.0. The lowest BCUT2D eigenvalue weighted by Crippen LogP contribution is -2.13. The van der Waals surface area contributed by atoms with Gasteiger partial charge in [0.05, 0.1) is 11.3 Å². The number of carbonyl (C=O) groups excluding carboxylic acids is 1. The molecule has 0 aliphatic carbocycles. The van der Waals surface area contributed by atoms with Crippen LogP contribution >= 0.6 is 43.5 Å². The van der Waals surface area contributed by atoms with Gasteiger partial charge < -0.3 is 5.32 Å². The Kier molecular flexibility index (Phi) is 4.83. The van der Waals surface area contributed by atoms with Gasteiger partial charge in [-0.15, -0.1) is 0 Å². The first-order valence-electron chi connectivity index (χ1n) is 5.60. The highest BCUT2D eigenvalue weighted by atomic mass is 79.9. The number of rotatable bonds is 2. The molecule has 1 N–H and O–H groups in total. The van der Waals surface area contributed by atoms with Crippen LogP contribution in [-0.4, -0.2) is 5.91 Å². The zero-order valence-corrected chi connectivity index (χ0v) is 14.2. The Morgan fingerprint density at radius 1 is 1.20 bits per heavy atom. The minimum Gasteiger partial charge on any atom is -0.321 e. The molecule has 2 aromatic carbocycles. The van der Waals surface area contributed by atoms with E-state index in [2.05, 4.69) is 37.2 Å². The molecule has 6 heteroatoms. The summed E-state index contributed by atoms with van der Waals surface area (Å²) in [6.45, 7) is 1.87. The summed E-state index contributed by atoms with van der Waals surface area (Å²) >= 11 is 12.6. The van der Waals surface area contributed by atoms with Crippen LogP contribution in [0.4, 0.5) is 10.1 Å². The molecule has 0 saturated carbocycles. The molecule has 0 unspecified atom stereocenters. The Bertz CT molecular complexity index is 691. The van der Waals surface area contributed by atoms with Crippen molar-refractivity contribution in [1.82, 2.24) is 0 Å². The molecule has 20 heavy (non-hydrogen) atoms. The van der Waals surface area contributed by atoms with Crippen LogP contribution in [0.1, 0.15) is 15.9 Å². The molecule has 0 spiro atoms. The average molecular weight is 421 g/mol. The molecule has 0 radical (unpaired) electrons. The highest BCUT2D eigenvalue weighted by Crippen LogP contribution is 2.30. The van der Waals surface area contributed by atoms with Crippen LogP contribution < -0.4 is 5.32 Å². The Morgan fingerprint density at radius 2 is 1.90 bits per heavy atom. The smallest absolute Gasteiger partial charge is 0.256 e. The van der Waals surface area contributed by atoms with E-state index < -0.39 is 5.82 Å². The molecule has 2 rings (SSSR count). The van der Waals surface area contributed by atoms with Crippen LogP contribution in [-0.2, 0) is 0 Å². The fourth-order valence-electron chi connectivity index (χ4n) is 1.61. The van der Waals surface area contributed by atoms with E-state index in [0.717, 1.165) is 10.0 Å². The zero-order valence-electron chi connectivity index (χ0n) is 10.3. The van der Waals surface area contributed by atoms with Gasteiger partial charge in [0, 0.05) is 14.0 Å². The molecule has 1 amide bonds. The number of nitrogens with one attached hydrogen (secondary N) is 1. The van der Waals surface area contributed by atoms with Gasteiger partial charge in [-0.1, -0.05) is 11.6 Å². The van der Waals surface area contributed by atoms with E-state index in [-0.39, 0.29) is 5.91 Å². The lowest BCUT2D eigenvalue weighted by molar-refractivity contribution is 0.102. The second kappa shape index (κ2) is 6.24. The van der Waals surface area contributed by atoms with Gasteiger partial charge in [0.15, 0.2) is 0 Å². The molecule has 0 bridgehead atoms. The molecule has 2 nitrogen and oxygen atoms in total. The summed E-state index contributed by atoms with van der Waals surface area (Å²) in [5, 5.41) is 3.29. The number of carbonyl (C=O) groups is 1. The number of aryl methyl sites for hydroxylation is 1. The summed E-state index contributed by atoms with van der Waals surface area (Å²) in [7, 11) is 0. The Hall–Kier alpha value is -0.910. The third kappa shape index (κ3) is 3.40. The molecule has 2 aromatic rings. The predicted octanol–water partition coefficient (Wildman–Crippen LogP) is 5.56. The SMILES string of the molecule is Cc1cc(Br)c(NC(=O)c2ccc(F)cc2Br)cc1Cl. The number of halogens is 4. The summed E-state index contributed by atoms with van der Waals surface area (Å²) in [5.74, 6) is -0.759. The lowest BCUT2D eigenvalue weighted by atomic mass is 10.2. The number of hydrogen-bond donors (Lipinski definition) is 1. The van der Waals surface area contributed by atoms with Gasteiger partial charge in [-0.2, -0.15) is 0 Å². The predicted molar refractivity (Wildman–Crippen MR) is 85.9 cm³/mol. The molecule has 0 atom stereocenters. The molecule has 104 valence electrons. The number of benzene rings is 2. The van der Waals surface area contributed by atoms with Crippen molar-refractivity contribution in [3.63, 3.8) is 0 Å². The molecular formula is C14H9Br2ClFNO. The first-order chi connectivity index (χ1) is 9.38. The van der Waals surface area contributed by atoms with Gasteiger partial charge in [0.1, 0.15) is 5.82 Å². The maximum Gasteiger partial charge on any atom is 0.256 e. The minimum atomic E-state index is -0.409. The van der Waals surface area contributed by atoms with E-state index in [9.17, 15) is 9.18 Å². The third-order valence-corrected chi connectivity index (χ3v) is 4.39. The second-order valence-corrected chi connectivity index (χ2v) is 6.28. The zero-order chi connectivity index (χ0) is 14.9. The van der Waals surface area contributed by atoms with Gasteiger partial charge in [-0.25, -0.2) is 4.39 Å². The quantitative estimate of drug-likeness (QED) is 0.675. The van der Waals surface area contributed by atoms with Gasteiger partial charge in [0.25, 0.3) is 5.91 Å². The summed E-state index contributed by atoms with van der Waals surface area (Å²) in [5.41, 5.74) is 1.80. The number of anilines is 1. The third-order valence-electron chi connectivity index (χ3n) is 2.67. The number of hydrogen-bond acceptors (Lipinski definition) is 1. The molecular weight excluding hydrogens is 412 g/mol. The Labute approximate surface area is 137 Å². The van der Waals surface area contributed by atoms with Crippen molar-refractivity contribution in [2.24, 2.45) is 0 Å². The van der Waals surface area contributed by atoms with E-state index in [4.69, 9.17) is 11.6 Å². The maximum atomic E-state index is 13.0. The van der Waals surface area contributed by atoms with E-state index in [1.54, 1.807) is 6.07 Å². The van der Waals surface area contributed by atoms with Crippen molar-refractivity contribution < 1.29 is 9.18 Å². The Balaban J connectivity index is 2.30. The fourth-order valence-corrected chi connectivity index (χ4v) is 2.86.